The van der Waals surface area contributed by atoms with E-state index in [1.807, 2.05) is 30.3 Å². The Labute approximate surface area is 156 Å². The van der Waals surface area contributed by atoms with Crippen LogP contribution in [0.25, 0.3) is 0 Å². The largest absolute Gasteiger partial charge is 0.464 e. The van der Waals surface area contributed by atoms with Gasteiger partial charge in [-0.3, -0.25) is 0 Å². The molecule has 2 unspecified atom stereocenters. The molecule has 1 aromatic carbocycles. The van der Waals surface area contributed by atoms with Crippen LogP contribution in [-0.4, -0.2) is 47.0 Å². The Bertz CT molecular complexity index is 781. The van der Waals surface area contributed by atoms with Crippen molar-refractivity contribution in [3.8, 4) is 0 Å². The molecule has 2 rings (SSSR count). The summed E-state index contributed by atoms with van der Waals surface area (Å²) in [7, 11) is 1.25. The second-order valence-electron chi connectivity index (χ2n) is 5.88. The van der Waals surface area contributed by atoms with Gasteiger partial charge in [-0.15, -0.1) is 0 Å². The van der Waals surface area contributed by atoms with Crippen LogP contribution < -0.4 is 5.32 Å². The van der Waals surface area contributed by atoms with Crippen LogP contribution in [0.3, 0.4) is 0 Å². The number of aliphatic hydroxyl groups is 2. The summed E-state index contributed by atoms with van der Waals surface area (Å²) in [4.78, 5) is 27.2. The van der Waals surface area contributed by atoms with Crippen molar-refractivity contribution in [2.75, 3.05) is 13.7 Å². The number of methoxy groups -OCH3 is 1. The van der Waals surface area contributed by atoms with Crippen LogP contribution in [-0.2, 0) is 16.1 Å². The van der Waals surface area contributed by atoms with Crippen LogP contribution >= 0.6 is 0 Å². The number of hydrogen-bond acceptors (Lipinski definition) is 7. The third-order valence-corrected chi connectivity index (χ3v) is 3.85. The van der Waals surface area contributed by atoms with Crippen LogP contribution in [0.1, 0.15) is 33.3 Å². The molecule has 2 atom stereocenters. The van der Waals surface area contributed by atoms with Crippen molar-refractivity contribution >= 4 is 12.1 Å². The fourth-order valence-electron chi connectivity index (χ4n) is 2.36. The Hall–Kier alpha value is -2.97. The van der Waals surface area contributed by atoms with Crippen LogP contribution in [0.2, 0.25) is 0 Å². The maximum Gasteiger partial charge on any atom is 0.407 e. The molecule has 0 fully saturated rings. The Morgan fingerprint density at radius 3 is 2.56 bits per heavy atom. The average Bonchev–Trinajstić information content (AvgIpc) is 2.69. The normalized spacial score (nSPS) is 12.7. The maximum atomic E-state index is 11.7. The van der Waals surface area contributed by atoms with Gasteiger partial charge in [0, 0.05) is 18.3 Å². The molecule has 0 radical (unpaired) electrons. The number of pyridine rings is 1. The van der Waals surface area contributed by atoms with Gasteiger partial charge in [0.15, 0.2) is 5.69 Å². The first-order chi connectivity index (χ1) is 12.9. The monoisotopic (exact) mass is 374 g/mol. The third kappa shape index (κ3) is 5.77. The van der Waals surface area contributed by atoms with E-state index in [0.717, 1.165) is 5.56 Å². The molecule has 27 heavy (non-hydrogen) atoms. The Balaban J connectivity index is 1.86. The zero-order valence-electron chi connectivity index (χ0n) is 15.1. The lowest BCUT2D eigenvalue weighted by molar-refractivity contribution is 0.0181. The van der Waals surface area contributed by atoms with E-state index in [2.05, 4.69) is 15.0 Å². The molecule has 3 N–H and O–H groups in total. The zero-order chi connectivity index (χ0) is 19.8. The summed E-state index contributed by atoms with van der Waals surface area (Å²) in [5, 5.41) is 22.7. The summed E-state index contributed by atoms with van der Waals surface area (Å²) in [6.07, 6.45) is -2.00. The number of aryl methyl sites for hydroxylation is 1. The van der Waals surface area contributed by atoms with Crippen LogP contribution in [0, 0.1) is 6.92 Å². The molecule has 0 aliphatic heterocycles. The molecule has 1 amide bonds. The first kappa shape index (κ1) is 20.3. The van der Waals surface area contributed by atoms with Gasteiger partial charge in [-0.25, -0.2) is 14.6 Å². The topological polar surface area (TPSA) is 118 Å². The number of benzene rings is 1. The Kier molecular flexibility index (Phi) is 7.27. The quantitative estimate of drug-likeness (QED) is 0.629. The van der Waals surface area contributed by atoms with E-state index in [4.69, 9.17) is 4.74 Å². The first-order valence-electron chi connectivity index (χ1n) is 8.28. The molecule has 8 heteroatoms. The van der Waals surface area contributed by atoms with Crippen molar-refractivity contribution in [1.29, 1.82) is 0 Å². The van der Waals surface area contributed by atoms with Crippen molar-refractivity contribution in [2.45, 2.75) is 25.7 Å². The molecule has 0 saturated carbocycles. The lowest BCUT2D eigenvalue weighted by Gasteiger charge is -2.19. The van der Waals surface area contributed by atoms with Gasteiger partial charge >= 0.3 is 12.1 Å². The number of rotatable bonds is 7. The minimum atomic E-state index is -1.29. The van der Waals surface area contributed by atoms with E-state index in [1.54, 1.807) is 6.92 Å². The lowest BCUT2D eigenvalue weighted by atomic mass is 10.0. The minimum Gasteiger partial charge on any atom is -0.464 e. The van der Waals surface area contributed by atoms with Crippen molar-refractivity contribution < 1.29 is 29.3 Å². The number of esters is 1. The molecule has 8 nitrogen and oxygen atoms in total. The van der Waals surface area contributed by atoms with E-state index in [9.17, 15) is 19.8 Å². The van der Waals surface area contributed by atoms with Crippen molar-refractivity contribution in [1.82, 2.24) is 10.3 Å². The van der Waals surface area contributed by atoms with Crippen LogP contribution in [0.5, 0.6) is 0 Å². The number of carbonyl (C=O) groups is 2. The number of carbonyl (C=O) groups excluding carboxylic acids is 2. The SMILES string of the molecule is COC(=O)c1ncc(C(O)C(O)CNC(=O)OCc2ccccc2)cc1C. The second-order valence-corrected chi connectivity index (χ2v) is 5.88. The van der Waals surface area contributed by atoms with Crippen LogP contribution in [0.4, 0.5) is 4.79 Å². The van der Waals surface area contributed by atoms with Gasteiger partial charge in [0.1, 0.15) is 18.8 Å². The number of ether oxygens (including phenoxy) is 2. The summed E-state index contributed by atoms with van der Waals surface area (Å²) in [5.41, 5.74) is 1.78. The predicted molar refractivity (Wildman–Crippen MR) is 95.9 cm³/mol. The highest BCUT2D eigenvalue weighted by atomic mass is 16.5. The summed E-state index contributed by atoms with van der Waals surface area (Å²) in [6, 6.07) is 10.7. The number of hydrogen-bond donors (Lipinski definition) is 3. The number of aromatic nitrogens is 1. The molecule has 0 spiro atoms. The van der Waals surface area contributed by atoms with Gasteiger partial charge in [-0.05, 0) is 24.1 Å². The smallest absolute Gasteiger partial charge is 0.407 e. The lowest BCUT2D eigenvalue weighted by Crippen LogP contribution is -2.35. The summed E-state index contributed by atoms with van der Waals surface area (Å²) in [5.74, 6) is -0.586. The van der Waals surface area contributed by atoms with Gasteiger partial charge in [0.2, 0.25) is 0 Å². The summed E-state index contributed by atoms with van der Waals surface area (Å²) < 4.78 is 9.64. The fraction of sp³-hybridized carbons (Fsp3) is 0.316. The van der Waals surface area contributed by atoms with Gasteiger partial charge in [0.05, 0.1) is 7.11 Å². The average molecular weight is 374 g/mol. The molecular weight excluding hydrogens is 352 g/mol. The van der Waals surface area contributed by atoms with E-state index in [-0.39, 0.29) is 18.8 Å². The standard InChI is InChI=1S/C19H22N2O6/c1-12-8-14(9-20-16(12)18(24)26-2)17(23)15(22)10-21-19(25)27-11-13-6-4-3-5-7-13/h3-9,15,17,22-23H,10-11H2,1-2H3,(H,21,25). The van der Waals surface area contributed by atoms with Gasteiger partial charge < -0.3 is 25.0 Å². The Morgan fingerprint density at radius 1 is 1.22 bits per heavy atom. The maximum absolute atomic E-state index is 11.7. The Morgan fingerprint density at radius 2 is 1.93 bits per heavy atom. The molecule has 1 aromatic heterocycles. The second kappa shape index (κ2) is 9.65. The van der Waals surface area contributed by atoms with Gasteiger partial charge in [-0.1, -0.05) is 30.3 Å². The molecule has 0 bridgehead atoms. The fourth-order valence-corrected chi connectivity index (χ4v) is 2.36. The van der Waals surface area contributed by atoms with Crippen molar-refractivity contribution in [2.24, 2.45) is 0 Å². The number of alkyl carbamates (subject to hydrolysis) is 1. The molecule has 144 valence electrons. The molecule has 0 saturated heterocycles. The first-order valence-corrected chi connectivity index (χ1v) is 8.28. The summed E-state index contributed by atoms with van der Waals surface area (Å²) >= 11 is 0. The number of amides is 1. The minimum absolute atomic E-state index is 0.101. The van der Waals surface area contributed by atoms with Crippen LogP contribution in [0.15, 0.2) is 42.6 Å². The summed E-state index contributed by atoms with van der Waals surface area (Å²) in [6.45, 7) is 1.52. The third-order valence-electron chi connectivity index (χ3n) is 3.85. The molecule has 1 heterocycles. The zero-order valence-corrected chi connectivity index (χ0v) is 15.1. The van der Waals surface area contributed by atoms with Gasteiger partial charge in [-0.2, -0.15) is 0 Å². The highest BCUT2D eigenvalue weighted by molar-refractivity contribution is 5.88. The highest BCUT2D eigenvalue weighted by Crippen LogP contribution is 2.19. The number of nitrogens with one attached hydrogen (secondary N) is 1. The van der Waals surface area contributed by atoms with Crippen molar-refractivity contribution in [3.05, 3.63) is 65.0 Å². The van der Waals surface area contributed by atoms with E-state index >= 15 is 0 Å². The van der Waals surface area contributed by atoms with E-state index in [0.29, 0.717) is 11.1 Å². The van der Waals surface area contributed by atoms with Gasteiger partial charge in [0.25, 0.3) is 0 Å². The molecular formula is C19H22N2O6. The molecule has 2 aromatic rings. The number of nitrogens with zero attached hydrogens (tertiary/aromatic N) is 1. The molecule has 0 aliphatic carbocycles. The van der Waals surface area contributed by atoms with E-state index < -0.39 is 24.3 Å². The van der Waals surface area contributed by atoms with E-state index in [1.165, 1.54) is 19.4 Å². The molecule has 0 aliphatic rings. The highest BCUT2D eigenvalue weighted by Gasteiger charge is 2.21. The predicted octanol–water partition coefficient (Wildman–Crippen LogP) is 1.50. The van der Waals surface area contributed by atoms with Crippen molar-refractivity contribution in [3.63, 3.8) is 0 Å². The number of aliphatic hydroxyl groups excluding tert-OH is 2.